The van der Waals surface area contributed by atoms with E-state index < -0.39 is 43.0 Å². The summed E-state index contributed by atoms with van der Waals surface area (Å²) in [5.74, 6) is -2.29. The number of likely N-dealkylation sites (N-methyl/N-ethyl adjacent to an activating group) is 1. The quantitative estimate of drug-likeness (QED) is 0.525. The van der Waals surface area contributed by atoms with E-state index in [2.05, 4.69) is 20.6 Å². The molecule has 1 aliphatic rings. The molecule has 1 fully saturated rings. The predicted octanol–water partition coefficient (Wildman–Crippen LogP) is -0.618. The molecule has 2 atom stereocenters. The van der Waals surface area contributed by atoms with Crippen molar-refractivity contribution < 1.29 is 28.5 Å². The summed E-state index contributed by atoms with van der Waals surface area (Å²) in [6, 6.07) is 7.52. The van der Waals surface area contributed by atoms with Gasteiger partial charge in [-0.05, 0) is 19.5 Å². The Morgan fingerprint density at radius 2 is 1.97 bits per heavy atom. The maximum atomic E-state index is 12.9. The van der Waals surface area contributed by atoms with E-state index in [-0.39, 0.29) is 25.1 Å². The van der Waals surface area contributed by atoms with Crippen LogP contribution in [0.15, 0.2) is 48.9 Å². The van der Waals surface area contributed by atoms with Crippen LogP contribution in [0.5, 0.6) is 0 Å². The Bertz CT molecular complexity index is 993. The average molecular weight is 453 g/mol. The zero-order valence-corrected chi connectivity index (χ0v) is 18.3. The first-order chi connectivity index (χ1) is 15.8. The molecular weight excluding hydrogens is 429 g/mol. The van der Waals surface area contributed by atoms with E-state index in [4.69, 9.17) is 9.31 Å². The minimum atomic E-state index is -1.28. The summed E-state index contributed by atoms with van der Waals surface area (Å²) in [7, 11) is 0.321. The van der Waals surface area contributed by atoms with Crippen molar-refractivity contribution in [2.45, 2.75) is 25.4 Å². The van der Waals surface area contributed by atoms with E-state index in [0.29, 0.717) is 0 Å². The SMILES string of the molecule is C[C@H]1C(=O)OB(CNC(=O)[C@H](Cc2ccccc2)NC(=O)c2cnccn2)OC(=O)CN1C. The van der Waals surface area contributed by atoms with Gasteiger partial charge < -0.3 is 19.9 Å². The molecule has 0 unspecified atom stereocenters. The van der Waals surface area contributed by atoms with Crippen molar-refractivity contribution in [3.63, 3.8) is 0 Å². The number of hydrogen-bond acceptors (Lipinski definition) is 9. The Kier molecular flexibility index (Phi) is 8.09. The van der Waals surface area contributed by atoms with Crippen LogP contribution in [0.1, 0.15) is 23.0 Å². The van der Waals surface area contributed by atoms with Gasteiger partial charge in [0.15, 0.2) is 0 Å². The molecule has 1 aliphatic heterocycles. The normalized spacial score (nSPS) is 17.8. The molecule has 33 heavy (non-hydrogen) atoms. The summed E-state index contributed by atoms with van der Waals surface area (Å²) in [5.41, 5.74) is 0.877. The third-order valence-corrected chi connectivity index (χ3v) is 5.03. The maximum Gasteiger partial charge on any atom is 0.619 e. The summed E-state index contributed by atoms with van der Waals surface area (Å²) < 4.78 is 10.3. The minimum absolute atomic E-state index is 0.0596. The molecule has 12 heteroatoms. The summed E-state index contributed by atoms with van der Waals surface area (Å²) in [6.45, 7) is 1.51. The molecule has 0 bridgehead atoms. The highest BCUT2D eigenvalue weighted by molar-refractivity contribution is 6.49. The number of hydrogen-bond donors (Lipinski definition) is 2. The second-order valence-electron chi connectivity index (χ2n) is 7.50. The lowest BCUT2D eigenvalue weighted by molar-refractivity contribution is -0.149. The van der Waals surface area contributed by atoms with Crippen LogP contribution in [-0.4, -0.2) is 77.9 Å². The molecule has 2 amide bonds. The zero-order chi connectivity index (χ0) is 23.8. The molecular formula is C21H24BN5O6. The van der Waals surface area contributed by atoms with E-state index in [1.54, 1.807) is 14.0 Å². The van der Waals surface area contributed by atoms with E-state index in [1.165, 1.54) is 23.5 Å². The summed E-state index contributed by atoms with van der Waals surface area (Å²) in [6.07, 6.45) is 4.03. The van der Waals surface area contributed by atoms with Crippen LogP contribution in [0.3, 0.4) is 0 Å². The molecule has 0 aliphatic carbocycles. The topological polar surface area (TPSA) is 140 Å². The van der Waals surface area contributed by atoms with E-state index in [9.17, 15) is 19.2 Å². The molecule has 0 spiro atoms. The molecule has 1 aromatic heterocycles. The largest absolute Gasteiger partial charge is 0.619 e. The first-order valence-corrected chi connectivity index (χ1v) is 10.3. The third kappa shape index (κ3) is 6.84. The van der Waals surface area contributed by atoms with Crippen LogP contribution in [0.25, 0.3) is 0 Å². The van der Waals surface area contributed by atoms with Crippen molar-refractivity contribution in [2.24, 2.45) is 0 Å². The number of nitrogens with one attached hydrogen (secondary N) is 2. The lowest BCUT2D eigenvalue weighted by atomic mass is 9.89. The molecule has 2 N–H and O–H groups in total. The summed E-state index contributed by atoms with van der Waals surface area (Å²) >= 11 is 0. The fourth-order valence-corrected chi connectivity index (χ4v) is 3.05. The van der Waals surface area contributed by atoms with Gasteiger partial charge in [-0.25, -0.2) is 4.98 Å². The van der Waals surface area contributed by atoms with Gasteiger partial charge in [-0.1, -0.05) is 30.3 Å². The molecule has 2 heterocycles. The Morgan fingerprint density at radius 3 is 2.67 bits per heavy atom. The minimum Gasteiger partial charge on any atom is -0.497 e. The van der Waals surface area contributed by atoms with Crippen LogP contribution in [-0.2, 0) is 30.1 Å². The lowest BCUT2D eigenvalue weighted by Gasteiger charge is -2.28. The van der Waals surface area contributed by atoms with Gasteiger partial charge in [0, 0.05) is 18.8 Å². The fraction of sp³-hybridized carbons (Fsp3) is 0.333. The molecule has 2 aromatic rings. The fourth-order valence-electron chi connectivity index (χ4n) is 3.05. The van der Waals surface area contributed by atoms with Gasteiger partial charge in [0.05, 0.1) is 19.2 Å². The van der Waals surface area contributed by atoms with Crippen LogP contribution in [0.2, 0.25) is 0 Å². The number of nitrogens with zero attached hydrogens (tertiary/aromatic N) is 3. The number of rotatable bonds is 7. The van der Waals surface area contributed by atoms with Crippen LogP contribution in [0, 0.1) is 0 Å². The first kappa shape index (κ1) is 23.9. The van der Waals surface area contributed by atoms with Crippen molar-refractivity contribution in [1.29, 1.82) is 0 Å². The number of aromatic nitrogens is 2. The van der Waals surface area contributed by atoms with Gasteiger partial charge in [0.2, 0.25) is 5.91 Å². The van der Waals surface area contributed by atoms with E-state index >= 15 is 0 Å². The summed E-state index contributed by atoms with van der Waals surface area (Å²) in [5, 5.41) is 5.23. The monoisotopic (exact) mass is 453 g/mol. The van der Waals surface area contributed by atoms with Gasteiger partial charge in [-0.2, -0.15) is 0 Å². The van der Waals surface area contributed by atoms with Gasteiger partial charge >= 0.3 is 19.1 Å². The van der Waals surface area contributed by atoms with Gasteiger partial charge in [0.1, 0.15) is 17.8 Å². The van der Waals surface area contributed by atoms with Gasteiger partial charge in [-0.3, -0.25) is 29.1 Å². The molecule has 11 nitrogen and oxygen atoms in total. The number of amides is 2. The van der Waals surface area contributed by atoms with Crippen LogP contribution >= 0.6 is 0 Å². The van der Waals surface area contributed by atoms with Gasteiger partial charge in [-0.15, -0.1) is 0 Å². The average Bonchev–Trinajstić information content (AvgIpc) is 2.81. The Hall–Kier alpha value is -3.80. The molecule has 1 aromatic carbocycles. The standard InChI is InChI=1S/C21H24BN5O6/c1-14-21(31)33-22(32-18(28)12-27(14)2)13-25-19(29)16(10-15-6-4-3-5-7-15)26-20(30)17-11-23-8-9-24-17/h3-9,11,14,16H,10,12-13H2,1-2H3,(H,25,29)(H,26,30)/t14-,16-/m0/s1. The predicted molar refractivity (Wildman–Crippen MR) is 116 cm³/mol. The van der Waals surface area contributed by atoms with Crippen molar-refractivity contribution in [1.82, 2.24) is 25.5 Å². The molecule has 172 valence electrons. The third-order valence-electron chi connectivity index (χ3n) is 5.03. The molecule has 0 radical (unpaired) electrons. The van der Waals surface area contributed by atoms with E-state index in [1.807, 2.05) is 30.3 Å². The maximum absolute atomic E-state index is 12.9. The summed E-state index contributed by atoms with van der Waals surface area (Å²) in [4.78, 5) is 59.0. The highest BCUT2D eigenvalue weighted by atomic mass is 16.6. The second kappa shape index (κ2) is 11.2. The second-order valence-corrected chi connectivity index (χ2v) is 7.50. The molecule has 0 saturated carbocycles. The van der Waals surface area contributed by atoms with Crippen molar-refractivity contribution in [3.05, 3.63) is 60.2 Å². The van der Waals surface area contributed by atoms with Crippen molar-refractivity contribution >= 4 is 30.9 Å². The van der Waals surface area contributed by atoms with E-state index in [0.717, 1.165) is 5.56 Å². The molecule has 3 rings (SSSR count). The Balaban J connectivity index is 1.67. The molecule has 1 saturated heterocycles. The van der Waals surface area contributed by atoms with Crippen molar-refractivity contribution in [2.75, 3.05) is 20.0 Å². The Labute approximate surface area is 191 Å². The van der Waals surface area contributed by atoms with Gasteiger partial charge in [0.25, 0.3) is 5.91 Å². The van der Waals surface area contributed by atoms with Crippen molar-refractivity contribution in [3.8, 4) is 0 Å². The van der Waals surface area contributed by atoms with Crippen LogP contribution < -0.4 is 10.6 Å². The first-order valence-electron chi connectivity index (χ1n) is 10.3. The number of benzene rings is 1. The lowest BCUT2D eigenvalue weighted by Crippen LogP contribution is -2.54. The van der Waals surface area contributed by atoms with Crippen LogP contribution in [0.4, 0.5) is 0 Å². The number of carbonyl (C=O) groups excluding carboxylic acids is 4. The highest BCUT2D eigenvalue weighted by Gasteiger charge is 2.36. The zero-order valence-electron chi connectivity index (χ0n) is 18.3. The Morgan fingerprint density at radius 1 is 1.21 bits per heavy atom. The highest BCUT2D eigenvalue weighted by Crippen LogP contribution is 2.07. The smallest absolute Gasteiger partial charge is 0.497 e. The number of carbonyl (C=O) groups is 4.